The lowest BCUT2D eigenvalue weighted by molar-refractivity contribution is -0.160. The zero-order valence-electron chi connectivity index (χ0n) is 16.4. The molecule has 0 saturated heterocycles. The van der Waals surface area contributed by atoms with Crippen molar-refractivity contribution >= 4 is 11.9 Å². The summed E-state index contributed by atoms with van der Waals surface area (Å²) in [6, 6.07) is 0. The van der Waals surface area contributed by atoms with Crippen molar-refractivity contribution in [1.82, 2.24) is 0 Å². The Bertz CT molecular complexity index is 458. The smallest absolute Gasteiger partial charge is 0.338 e. The van der Waals surface area contributed by atoms with Gasteiger partial charge < -0.3 is 29.2 Å². The van der Waals surface area contributed by atoms with E-state index in [9.17, 15) is 24.7 Å². The first-order valence-corrected chi connectivity index (χ1v) is 8.83. The van der Waals surface area contributed by atoms with Gasteiger partial charge in [-0.1, -0.05) is 18.5 Å². The van der Waals surface area contributed by atoms with Crippen molar-refractivity contribution in [2.24, 2.45) is 5.18 Å². The van der Waals surface area contributed by atoms with Crippen LogP contribution in [0.1, 0.15) is 46.0 Å². The Morgan fingerprint density at radius 1 is 1.11 bits per heavy atom. The molecular formula is C17H31NO9. The van der Waals surface area contributed by atoms with Gasteiger partial charge in [-0.25, -0.2) is 4.79 Å². The number of nitroso groups, excluding NO2 is 1. The van der Waals surface area contributed by atoms with Crippen LogP contribution in [0.4, 0.5) is 0 Å². The Morgan fingerprint density at radius 2 is 1.78 bits per heavy atom. The SMILES string of the molecule is CCCC(COC(=O)CCC(CC(O)OC)(N=O)C(=O)OCC(C)O)OC. The quantitative estimate of drug-likeness (QED) is 0.236. The third-order valence-electron chi connectivity index (χ3n) is 3.91. The highest BCUT2D eigenvalue weighted by atomic mass is 16.6. The molecule has 158 valence electrons. The lowest BCUT2D eigenvalue weighted by Gasteiger charge is -2.26. The molecule has 0 saturated carbocycles. The molecule has 10 nitrogen and oxygen atoms in total. The summed E-state index contributed by atoms with van der Waals surface area (Å²) in [4.78, 5) is 35.7. The van der Waals surface area contributed by atoms with Crippen LogP contribution in [0.3, 0.4) is 0 Å². The van der Waals surface area contributed by atoms with E-state index in [1.54, 1.807) is 0 Å². The van der Waals surface area contributed by atoms with E-state index in [1.807, 2.05) is 6.92 Å². The number of ether oxygens (including phenoxy) is 4. The number of esters is 2. The maximum atomic E-state index is 12.3. The second kappa shape index (κ2) is 13.5. The maximum Gasteiger partial charge on any atom is 0.338 e. The van der Waals surface area contributed by atoms with E-state index in [0.717, 1.165) is 12.8 Å². The minimum absolute atomic E-state index is 0.0534. The number of rotatable bonds is 15. The molecule has 4 atom stereocenters. The van der Waals surface area contributed by atoms with Gasteiger partial charge in [0.15, 0.2) is 6.29 Å². The Kier molecular flexibility index (Phi) is 12.7. The second-order valence-corrected chi connectivity index (χ2v) is 6.29. The molecule has 0 aliphatic rings. The molecule has 0 rings (SSSR count). The molecule has 0 aliphatic carbocycles. The molecule has 0 fully saturated rings. The largest absolute Gasteiger partial charge is 0.463 e. The fourth-order valence-electron chi connectivity index (χ4n) is 2.27. The molecule has 0 heterocycles. The van der Waals surface area contributed by atoms with Gasteiger partial charge in [0.25, 0.3) is 0 Å². The van der Waals surface area contributed by atoms with Crippen LogP contribution in [0.25, 0.3) is 0 Å². The van der Waals surface area contributed by atoms with Gasteiger partial charge >= 0.3 is 11.9 Å². The van der Waals surface area contributed by atoms with Gasteiger partial charge in [-0.2, -0.15) is 0 Å². The van der Waals surface area contributed by atoms with E-state index in [-0.39, 0.29) is 32.2 Å². The highest BCUT2D eigenvalue weighted by Crippen LogP contribution is 2.27. The predicted molar refractivity (Wildman–Crippen MR) is 94.7 cm³/mol. The monoisotopic (exact) mass is 393 g/mol. The molecule has 10 heteroatoms. The maximum absolute atomic E-state index is 12.3. The number of aliphatic hydroxyl groups is 2. The van der Waals surface area contributed by atoms with Gasteiger partial charge in [-0.15, -0.1) is 4.91 Å². The molecule has 0 spiro atoms. The number of methoxy groups -OCH3 is 2. The van der Waals surface area contributed by atoms with Crippen molar-refractivity contribution in [3.05, 3.63) is 4.91 Å². The average molecular weight is 393 g/mol. The minimum atomic E-state index is -2.03. The summed E-state index contributed by atoms with van der Waals surface area (Å²) in [5.41, 5.74) is -2.03. The number of hydrogen-bond donors (Lipinski definition) is 2. The lowest BCUT2D eigenvalue weighted by atomic mass is 9.90. The van der Waals surface area contributed by atoms with Gasteiger partial charge in [0.1, 0.15) is 13.2 Å². The summed E-state index contributed by atoms with van der Waals surface area (Å²) in [6.45, 7) is 3.07. The van der Waals surface area contributed by atoms with E-state index in [1.165, 1.54) is 21.1 Å². The van der Waals surface area contributed by atoms with Crippen molar-refractivity contribution in [2.45, 2.75) is 70.0 Å². The normalized spacial score (nSPS) is 16.7. The summed E-state index contributed by atoms with van der Waals surface area (Å²) in [6.07, 6.45) is -2.18. The van der Waals surface area contributed by atoms with Crippen molar-refractivity contribution in [2.75, 3.05) is 27.4 Å². The third kappa shape index (κ3) is 9.76. The van der Waals surface area contributed by atoms with Crippen LogP contribution in [-0.2, 0) is 28.5 Å². The molecule has 2 N–H and O–H groups in total. The van der Waals surface area contributed by atoms with E-state index < -0.39 is 36.3 Å². The van der Waals surface area contributed by atoms with Crippen molar-refractivity contribution in [3.8, 4) is 0 Å². The molecule has 0 radical (unpaired) electrons. The molecule has 0 aromatic heterocycles. The number of hydrogen-bond acceptors (Lipinski definition) is 10. The van der Waals surface area contributed by atoms with Gasteiger partial charge in [-0.05, 0) is 19.8 Å². The second-order valence-electron chi connectivity index (χ2n) is 6.29. The zero-order valence-corrected chi connectivity index (χ0v) is 16.4. The Balaban J connectivity index is 4.94. The van der Waals surface area contributed by atoms with E-state index in [4.69, 9.17) is 14.2 Å². The number of aliphatic hydroxyl groups excluding tert-OH is 2. The molecule has 0 bridgehead atoms. The van der Waals surface area contributed by atoms with Gasteiger partial charge in [-0.3, -0.25) is 4.79 Å². The van der Waals surface area contributed by atoms with Crippen LogP contribution in [0.2, 0.25) is 0 Å². The number of carbonyl (C=O) groups excluding carboxylic acids is 2. The number of carbonyl (C=O) groups is 2. The Hall–Kier alpha value is -1.62. The Labute approximate surface area is 159 Å². The minimum Gasteiger partial charge on any atom is -0.463 e. The van der Waals surface area contributed by atoms with Crippen molar-refractivity contribution in [3.63, 3.8) is 0 Å². The molecule has 27 heavy (non-hydrogen) atoms. The van der Waals surface area contributed by atoms with Gasteiger partial charge in [0, 0.05) is 27.1 Å². The van der Waals surface area contributed by atoms with E-state index in [2.05, 4.69) is 9.91 Å². The molecule has 0 aromatic rings. The van der Waals surface area contributed by atoms with Gasteiger partial charge in [0.05, 0.1) is 12.2 Å². The molecule has 0 aromatic carbocycles. The fourth-order valence-corrected chi connectivity index (χ4v) is 2.27. The van der Waals surface area contributed by atoms with Crippen LogP contribution in [0.15, 0.2) is 5.18 Å². The summed E-state index contributed by atoms with van der Waals surface area (Å²) in [5.74, 6) is -1.69. The highest BCUT2D eigenvalue weighted by Gasteiger charge is 2.44. The van der Waals surface area contributed by atoms with Crippen LogP contribution in [0.5, 0.6) is 0 Å². The first kappa shape index (κ1) is 25.4. The molecule has 0 amide bonds. The first-order valence-electron chi connectivity index (χ1n) is 8.83. The average Bonchev–Trinajstić information content (AvgIpc) is 2.65. The standard InChI is InChI=1S/C17H31NO9/c1-5-6-13(24-3)11-26-14(20)7-8-17(18-23,9-15(21)25-4)16(22)27-10-12(2)19/h12-13,15,19,21H,5-11H2,1-4H3. The van der Waals surface area contributed by atoms with Crippen LogP contribution < -0.4 is 0 Å². The molecular weight excluding hydrogens is 362 g/mol. The van der Waals surface area contributed by atoms with Crippen molar-refractivity contribution < 1.29 is 38.7 Å². The highest BCUT2D eigenvalue weighted by molar-refractivity contribution is 5.82. The summed E-state index contributed by atoms with van der Waals surface area (Å²) in [7, 11) is 2.70. The lowest BCUT2D eigenvalue weighted by Crippen LogP contribution is -2.43. The first-order chi connectivity index (χ1) is 12.7. The molecule has 0 aliphatic heterocycles. The predicted octanol–water partition coefficient (Wildman–Crippen LogP) is 0.909. The van der Waals surface area contributed by atoms with Crippen LogP contribution >= 0.6 is 0 Å². The fraction of sp³-hybridized carbons (Fsp3) is 0.882. The zero-order chi connectivity index (χ0) is 20.9. The van der Waals surface area contributed by atoms with Crippen molar-refractivity contribution in [1.29, 1.82) is 0 Å². The van der Waals surface area contributed by atoms with E-state index >= 15 is 0 Å². The third-order valence-corrected chi connectivity index (χ3v) is 3.91. The van der Waals surface area contributed by atoms with E-state index in [0.29, 0.717) is 0 Å². The molecule has 4 unspecified atom stereocenters. The summed E-state index contributed by atoms with van der Waals surface area (Å²) < 4.78 is 19.8. The Morgan fingerprint density at radius 3 is 2.26 bits per heavy atom. The summed E-state index contributed by atoms with van der Waals surface area (Å²) in [5, 5.41) is 21.7. The topological polar surface area (TPSA) is 141 Å². The van der Waals surface area contributed by atoms with Crippen LogP contribution in [0, 0.1) is 4.91 Å². The van der Waals surface area contributed by atoms with Gasteiger partial charge in [0.2, 0.25) is 5.54 Å². The number of nitrogens with zero attached hydrogens (tertiary/aromatic N) is 1. The van der Waals surface area contributed by atoms with Crippen LogP contribution in [-0.4, -0.2) is 73.6 Å². The summed E-state index contributed by atoms with van der Waals surface area (Å²) >= 11 is 0.